The van der Waals surface area contributed by atoms with Crippen LogP contribution >= 0.6 is 35.0 Å². The second-order valence-corrected chi connectivity index (χ2v) is 12.9. The molecule has 5 rings (SSSR count). The maximum Gasteiger partial charge on any atom is 0.253 e. The Bertz CT molecular complexity index is 1200. The van der Waals surface area contributed by atoms with Gasteiger partial charge in [0.25, 0.3) is 5.91 Å². The topological polar surface area (TPSA) is 50.6 Å². The molecule has 1 unspecified atom stereocenters. The molecule has 0 bridgehead atoms. The van der Waals surface area contributed by atoms with Crippen LogP contribution in [0.2, 0.25) is 10.0 Å². The number of aryl methyl sites for hydroxylation is 1. The molecule has 2 heterocycles. The highest BCUT2D eigenvalue weighted by Gasteiger charge is 2.33. The number of carbonyl (C=O) groups excluding carboxylic acids is 1. The summed E-state index contributed by atoms with van der Waals surface area (Å²) in [5.74, 6) is 2.63. The first-order valence-corrected chi connectivity index (χ1v) is 15.6. The van der Waals surface area contributed by atoms with E-state index in [9.17, 15) is 10.1 Å². The van der Waals surface area contributed by atoms with Gasteiger partial charge in [-0.25, -0.2) is 0 Å². The fourth-order valence-corrected chi connectivity index (χ4v) is 7.35. The van der Waals surface area contributed by atoms with Crippen molar-refractivity contribution in [1.82, 2.24) is 14.7 Å². The van der Waals surface area contributed by atoms with Gasteiger partial charge in [-0.15, -0.1) is 0 Å². The minimum absolute atomic E-state index is 0.00251. The van der Waals surface area contributed by atoms with Gasteiger partial charge in [0.15, 0.2) is 0 Å². The first-order valence-electron chi connectivity index (χ1n) is 13.7. The number of halogens is 2. The predicted octanol–water partition coefficient (Wildman–Crippen LogP) is 5.72. The van der Waals surface area contributed by atoms with Crippen LogP contribution in [0, 0.1) is 11.3 Å². The third kappa shape index (κ3) is 6.35. The van der Waals surface area contributed by atoms with E-state index in [0.717, 1.165) is 68.4 Å². The van der Waals surface area contributed by atoms with E-state index in [1.807, 2.05) is 36.2 Å². The van der Waals surface area contributed by atoms with Crippen molar-refractivity contribution in [3.8, 4) is 6.07 Å². The summed E-state index contributed by atoms with van der Waals surface area (Å²) in [7, 11) is 1.88. The predicted molar refractivity (Wildman–Crippen MR) is 158 cm³/mol. The summed E-state index contributed by atoms with van der Waals surface area (Å²) in [4.78, 5) is 20.8. The van der Waals surface area contributed by atoms with Crippen LogP contribution in [0.3, 0.4) is 0 Å². The molecule has 0 N–H and O–H groups in total. The summed E-state index contributed by atoms with van der Waals surface area (Å²) in [5, 5.41) is 10.7. The number of benzene rings is 2. The van der Waals surface area contributed by atoms with Gasteiger partial charge in [0.2, 0.25) is 0 Å². The largest absolute Gasteiger partial charge is 0.341 e. The molecule has 202 valence electrons. The molecule has 5 nitrogen and oxygen atoms in total. The van der Waals surface area contributed by atoms with E-state index >= 15 is 0 Å². The fourth-order valence-electron chi connectivity index (χ4n) is 6.11. The van der Waals surface area contributed by atoms with E-state index < -0.39 is 0 Å². The highest BCUT2D eigenvalue weighted by molar-refractivity contribution is 7.99. The van der Waals surface area contributed by atoms with Gasteiger partial charge in [0, 0.05) is 68.8 Å². The Labute approximate surface area is 241 Å². The normalized spacial score (nSPS) is 19.3. The summed E-state index contributed by atoms with van der Waals surface area (Å²) < 4.78 is 0. The van der Waals surface area contributed by atoms with Gasteiger partial charge in [0.1, 0.15) is 0 Å². The zero-order chi connectivity index (χ0) is 26.6. The molecular formula is C30H36Cl2N4OS. The first kappa shape index (κ1) is 27.8. The molecule has 38 heavy (non-hydrogen) atoms. The summed E-state index contributed by atoms with van der Waals surface area (Å²) in [6.07, 6.45) is 4.97. The first-order chi connectivity index (χ1) is 18.4. The molecule has 1 aliphatic carbocycles. The number of nitrogens with zero attached hydrogens (tertiary/aromatic N) is 4. The van der Waals surface area contributed by atoms with E-state index in [1.165, 1.54) is 24.6 Å². The molecule has 0 aromatic heterocycles. The lowest BCUT2D eigenvalue weighted by Crippen LogP contribution is -2.61. The Morgan fingerprint density at radius 2 is 1.89 bits per heavy atom. The van der Waals surface area contributed by atoms with Gasteiger partial charge >= 0.3 is 0 Å². The third-order valence-electron chi connectivity index (χ3n) is 8.37. The lowest BCUT2D eigenvalue weighted by atomic mass is 9.86. The summed E-state index contributed by atoms with van der Waals surface area (Å²) >= 11 is 14.7. The van der Waals surface area contributed by atoms with E-state index in [4.69, 9.17) is 23.2 Å². The van der Waals surface area contributed by atoms with Crippen LogP contribution in [-0.4, -0.2) is 84.5 Å². The fraction of sp³-hybridized carbons (Fsp3) is 0.533. The lowest BCUT2D eigenvalue weighted by molar-refractivity contribution is 0.0371. The SMILES string of the molecule is CN(CC(CCN1CC(N2CCSCC2)C1)c1ccc(Cl)c(Cl)c1)C(=O)c1cc(C#N)cc2c1CCCC2. The van der Waals surface area contributed by atoms with Crippen molar-refractivity contribution in [2.45, 2.75) is 44.1 Å². The second-order valence-electron chi connectivity index (χ2n) is 10.9. The van der Waals surface area contributed by atoms with Crippen molar-refractivity contribution in [3.05, 3.63) is 68.2 Å². The van der Waals surface area contributed by atoms with Gasteiger partial charge in [0.05, 0.1) is 21.7 Å². The molecule has 0 spiro atoms. The van der Waals surface area contributed by atoms with Crippen LogP contribution in [0.15, 0.2) is 30.3 Å². The van der Waals surface area contributed by atoms with Crippen LogP contribution in [-0.2, 0) is 12.8 Å². The Hall–Kier alpha value is -1.75. The van der Waals surface area contributed by atoms with E-state index in [2.05, 4.69) is 27.6 Å². The average molecular weight is 572 g/mol. The minimum Gasteiger partial charge on any atom is -0.341 e. The molecule has 2 fully saturated rings. The van der Waals surface area contributed by atoms with Crippen LogP contribution in [0.1, 0.15) is 57.8 Å². The number of hydrogen-bond donors (Lipinski definition) is 0. The highest BCUT2D eigenvalue weighted by atomic mass is 35.5. The van der Waals surface area contributed by atoms with E-state index in [1.54, 1.807) is 6.07 Å². The van der Waals surface area contributed by atoms with Crippen LogP contribution in [0.25, 0.3) is 0 Å². The average Bonchev–Trinajstić information content (AvgIpc) is 2.92. The Morgan fingerprint density at radius 3 is 2.63 bits per heavy atom. The molecule has 2 saturated heterocycles. The van der Waals surface area contributed by atoms with Gasteiger partial charge in [-0.3, -0.25) is 9.69 Å². The second kappa shape index (κ2) is 12.6. The lowest BCUT2D eigenvalue weighted by Gasteiger charge is -2.47. The van der Waals surface area contributed by atoms with Gasteiger partial charge in [-0.05, 0) is 79.6 Å². The summed E-state index contributed by atoms with van der Waals surface area (Å²) in [6.45, 7) is 6.24. The Morgan fingerprint density at radius 1 is 1.13 bits per heavy atom. The van der Waals surface area contributed by atoms with Crippen LogP contribution < -0.4 is 0 Å². The molecule has 3 aliphatic rings. The quantitative estimate of drug-likeness (QED) is 0.406. The van der Waals surface area contributed by atoms with Gasteiger partial charge in [-0.2, -0.15) is 17.0 Å². The highest BCUT2D eigenvalue weighted by Crippen LogP contribution is 2.31. The Balaban J connectivity index is 1.29. The van der Waals surface area contributed by atoms with E-state index in [-0.39, 0.29) is 11.8 Å². The van der Waals surface area contributed by atoms with E-state index in [0.29, 0.717) is 33.8 Å². The number of rotatable bonds is 8. The van der Waals surface area contributed by atoms with Crippen molar-refractivity contribution in [2.75, 3.05) is 57.8 Å². The number of likely N-dealkylation sites (tertiary alicyclic amines) is 1. The smallest absolute Gasteiger partial charge is 0.253 e. The molecule has 1 atom stereocenters. The zero-order valence-corrected chi connectivity index (χ0v) is 24.4. The van der Waals surface area contributed by atoms with Crippen molar-refractivity contribution >= 4 is 40.9 Å². The number of nitriles is 1. The molecule has 2 aliphatic heterocycles. The number of amides is 1. The van der Waals surface area contributed by atoms with Crippen LogP contribution in [0.5, 0.6) is 0 Å². The molecule has 0 saturated carbocycles. The molecule has 1 amide bonds. The Kier molecular flexibility index (Phi) is 9.23. The summed E-state index contributed by atoms with van der Waals surface area (Å²) in [5.41, 5.74) is 4.66. The number of thioether (sulfide) groups is 1. The molecule has 2 aromatic carbocycles. The zero-order valence-electron chi connectivity index (χ0n) is 22.1. The molecule has 8 heteroatoms. The number of likely N-dealkylation sites (N-methyl/N-ethyl adjacent to an activating group) is 1. The van der Waals surface area contributed by atoms with Gasteiger partial charge in [-0.1, -0.05) is 29.3 Å². The van der Waals surface area contributed by atoms with Crippen LogP contribution in [0.4, 0.5) is 0 Å². The van der Waals surface area contributed by atoms with Crippen molar-refractivity contribution in [1.29, 1.82) is 5.26 Å². The van der Waals surface area contributed by atoms with Crippen molar-refractivity contribution in [2.24, 2.45) is 0 Å². The number of fused-ring (bicyclic) bond motifs is 1. The van der Waals surface area contributed by atoms with Gasteiger partial charge < -0.3 is 9.80 Å². The standard InChI is InChI=1S/C30H36Cl2N4OS/c1-34(30(37)27-15-21(17-33)14-23-4-2-3-5-26(23)27)18-24(22-6-7-28(31)29(32)16-22)8-9-35-19-25(20-35)36-10-12-38-13-11-36/h6-7,14-16,24-25H,2-5,8-13,18-20H2,1H3. The molecular weight excluding hydrogens is 535 g/mol. The maximum absolute atomic E-state index is 13.7. The van der Waals surface area contributed by atoms with Crippen molar-refractivity contribution in [3.63, 3.8) is 0 Å². The van der Waals surface area contributed by atoms with Crippen molar-refractivity contribution < 1.29 is 4.79 Å². The number of carbonyl (C=O) groups is 1. The number of hydrogen-bond acceptors (Lipinski definition) is 5. The minimum atomic E-state index is -0.00251. The summed E-state index contributed by atoms with van der Waals surface area (Å²) in [6, 6.07) is 12.5. The monoisotopic (exact) mass is 570 g/mol. The molecule has 2 aromatic rings. The molecule has 0 radical (unpaired) electrons. The third-order valence-corrected chi connectivity index (χ3v) is 10.1. The maximum atomic E-state index is 13.7.